The summed E-state index contributed by atoms with van der Waals surface area (Å²) < 4.78 is 10.2. The Morgan fingerprint density at radius 3 is 2.60 bits per heavy atom. The van der Waals surface area contributed by atoms with Gasteiger partial charge in [0.25, 0.3) is 11.8 Å². The first-order valence-electron chi connectivity index (χ1n) is 6.42. The average molecular weight is 278 g/mol. The van der Waals surface area contributed by atoms with E-state index in [4.69, 9.17) is 9.47 Å². The molecule has 6 nitrogen and oxygen atoms in total. The van der Waals surface area contributed by atoms with Crippen LogP contribution in [0.25, 0.3) is 0 Å². The molecule has 0 aliphatic carbocycles. The third kappa shape index (κ3) is 2.97. The Morgan fingerprint density at radius 2 is 1.85 bits per heavy atom. The molecule has 2 amide bonds. The van der Waals surface area contributed by atoms with Crippen LogP contribution in [0.3, 0.4) is 0 Å². The summed E-state index contributed by atoms with van der Waals surface area (Å²) in [7, 11) is 3.11. The summed E-state index contributed by atoms with van der Waals surface area (Å²) in [5, 5.41) is 3.15. The van der Waals surface area contributed by atoms with Gasteiger partial charge in [0.15, 0.2) is 0 Å². The predicted octanol–water partition coefficient (Wildman–Crippen LogP) is 0.987. The number of fused-ring (bicyclic) bond motifs is 1. The number of carbonyl (C=O) groups is 2. The molecule has 0 fully saturated rings. The van der Waals surface area contributed by atoms with Gasteiger partial charge in [-0.25, -0.2) is 0 Å². The first-order chi connectivity index (χ1) is 9.65. The highest BCUT2D eigenvalue weighted by Crippen LogP contribution is 2.24. The van der Waals surface area contributed by atoms with E-state index < -0.39 is 0 Å². The van der Waals surface area contributed by atoms with Gasteiger partial charge >= 0.3 is 0 Å². The molecule has 1 aliphatic rings. The second-order valence-electron chi connectivity index (χ2n) is 4.46. The monoisotopic (exact) mass is 278 g/mol. The molecule has 0 radical (unpaired) electrons. The minimum Gasteiger partial charge on any atom is -0.383 e. The van der Waals surface area contributed by atoms with E-state index in [1.165, 1.54) is 7.05 Å². The smallest absolute Gasteiger partial charge is 0.261 e. The normalized spacial score (nSPS) is 13.8. The molecular weight excluding hydrogens is 260 g/mol. The van der Waals surface area contributed by atoms with Crippen molar-refractivity contribution in [2.24, 2.45) is 0 Å². The number of anilines is 1. The zero-order chi connectivity index (χ0) is 14.5. The Labute approximate surface area is 117 Å². The van der Waals surface area contributed by atoms with Crippen molar-refractivity contribution < 1.29 is 19.1 Å². The molecule has 0 spiro atoms. The maximum absolute atomic E-state index is 11.8. The van der Waals surface area contributed by atoms with Crippen molar-refractivity contribution in [3.63, 3.8) is 0 Å². The number of rotatable bonds is 7. The Kier molecular flexibility index (Phi) is 4.70. The van der Waals surface area contributed by atoms with Crippen LogP contribution < -0.4 is 5.32 Å². The number of ether oxygens (including phenoxy) is 2. The molecule has 1 aliphatic heterocycles. The third-order valence-corrected chi connectivity index (χ3v) is 3.10. The summed E-state index contributed by atoms with van der Waals surface area (Å²) in [6.07, 6.45) is 0. The first kappa shape index (κ1) is 14.5. The number of benzene rings is 1. The summed E-state index contributed by atoms with van der Waals surface area (Å²) >= 11 is 0. The van der Waals surface area contributed by atoms with Crippen LogP contribution in [-0.2, 0) is 9.47 Å². The molecule has 108 valence electrons. The van der Waals surface area contributed by atoms with E-state index in [1.807, 2.05) is 0 Å². The molecule has 0 saturated carbocycles. The maximum Gasteiger partial charge on any atom is 0.261 e. The largest absolute Gasteiger partial charge is 0.383 e. The Balaban J connectivity index is 1.89. The summed E-state index contributed by atoms with van der Waals surface area (Å²) in [5.41, 5.74) is 1.71. The molecule has 0 bridgehead atoms. The summed E-state index contributed by atoms with van der Waals surface area (Å²) in [4.78, 5) is 24.7. The summed E-state index contributed by atoms with van der Waals surface area (Å²) in [5.74, 6) is -0.510. The van der Waals surface area contributed by atoms with E-state index in [9.17, 15) is 9.59 Å². The highest BCUT2D eigenvalue weighted by molar-refractivity contribution is 6.21. The molecule has 6 heteroatoms. The maximum atomic E-state index is 11.8. The minimum atomic E-state index is -0.259. The summed E-state index contributed by atoms with van der Waals surface area (Å²) in [6.45, 7) is 2.30. The highest BCUT2D eigenvalue weighted by atomic mass is 16.5. The average Bonchev–Trinajstić information content (AvgIpc) is 2.67. The molecule has 20 heavy (non-hydrogen) atoms. The van der Waals surface area contributed by atoms with Crippen LogP contribution in [0.1, 0.15) is 20.7 Å². The van der Waals surface area contributed by atoms with Crippen LogP contribution in [0.4, 0.5) is 5.69 Å². The van der Waals surface area contributed by atoms with E-state index in [0.717, 1.165) is 10.6 Å². The highest BCUT2D eigenvalue weighted by Gasteiger charge is 2.32. The third-order valence-electron chi connectivity index (χ3n) is 3.10. The van der Waals surface area contributed by atoms with Crippen molar-refractivity contribution in [2.45, 2.75) is 0 Å². The van der Waals surface area contributed by atoms with Gasteiger partial charge in [0.2, 0.25) is 0 Å². The Morgan fingerprint density at radius 1 is 1.10 bits per heavy atom. The summed E-state index contributed by atoms with van der Waals surface area (Å²) in [6, 6.07) is 5.17. The zero-order valence-electron chi connectivity index (χ0n) is 11.6. The van der Waals surface area contributed by atoms with Crippen molar-refractivity contribution in [1.29, 1.82) is 0 Å². The standard InChI is InChI=1S/C14H18N2O4/c1-16-13(17)11-4-3-10(9-12(11)14(16)18)15-5-6-20-8-7-19-2/h3-4,9,15H,5-8H2,1-2H3. The Hall–Kier alpha value is -1.92. The number of imide groups is 1. The first-order valence-corrected chi connectivity index (χ1v) is 6.42. The molecule has 0 aromatic heterocycles. The van der Waals surface area contributed by atoms with Crippen LogP contribution in [0.2, 0.25) is 0 Å². The van der Waals surface area contributed by atoms with E-state index >= 15 is 0 Å². The van der Waals surface area contributed by atoms with Crippen LogP contribution in [-0.4, -0.2) is 57.2 Å². The number of nitrogens with one attached hydrogen (secondary N) is 1. The molecule has 0 saturated heterocycles. The van der Waals surface area contributed by atoms with Gasteiger partial charge < -0.3 is 14.8 Å². The fourth-order valence-corrected chi connectivity index (χ4v) is 1.98. The lowest BCUT2D eigenvalue weighted by Gasteiger charge is -2.08. The number of hydrogen-bond donors (Lipinski definition) is 1. The quantitative estimate of drug-likeness (QED) is 0.595. The molecule has 1 aromatic carbocycles. The lowest BCUT2D eigenvalue weighted by molar-refractivity contribution is 0.0693. The van der Waals surface area contributed by atoms with Crippen LogP contribution in [0.5, 0.6) is 0 Å². The van der Waals surface area contributed by atoms with Crippen molar-refractivity contribution in [3.05, 3.63) is 29.3 Å². The van der Waals surface area contributed by atoms with Crippen molar-refractivity contribution in [3.8, 4) is 0 Å². The molecule has 1 aromatic rings. The zero-order valence-corrected chi connectivity index (χ0v) is 11.6. The van der Waals surface area contributed by atoms with Gasteiger partial charge in [-0.2, -0.15) is 0 Å². The lowest BCUT2D eigenvalue weighted by atomic mass is 10.1. The van der Waals surface area contributed by atoms with Crippen LogP contribution in [0.15, 0.2) is 18.2 Å². The number of carbonyl (C=O) groups excluding carboxylic acids is 2. The lowest BCUT2D eigenvalue weighted by Crippen LogP contribution is -2.24. The molecule has 0 unspecified atom stereocenters. The second-order valence-corrected chi connectivity index (χ2v) is 4.46. The van der Waals surface area contributed by atoms with Gasteiger partial charge in [-0.05, 0) is 18.2 Å². The van der Waals surface area contributed by atoms with Crippen LogP contribution >= 0.6 is 0 Å². The van der Waals surface area contributed by atoms with Gasteiger partial charge in [0.05, 0.1) is 30.9 Å². The van der Waals surface area contributed by atoms with Crippen LogP contribution in [0, 0.1) is 0 Å². The SMILES string of the molecule is COCCOCCNc1ccc2c(c1)C(=O)N(C)C2=O. The van der Waals surface area contributed by atoms with E-state index in [-0.39, 0.29) is 11.8 Å². The number of nitrogens with zero attached hydrogens (tertiary/aromatic N) is 1. The van der Waals surface area contributed by atoms with Crippen molar-refractivity contribution in [2.75, 3.05) is 45.8 Å². The molecule has 1 N–H and O–H groups in total. The molecule has 1 heterocycles. The fraction of sp³-hybridized carbons (Fsp3) is 0.429. The second kappa shape index (κ2) is 6.49. The molecular formula is C14H18N2O4. The Bertz CT molecular complexity index is 516. The van der Waals surface area contributed by atoms with Gasteiger partial charge in [-0.3, -0.25) is 14.5 Å². The minimum absolute atomic E-state index is 0.251. The topological polar surface area (TPSA) is 67.9 Å². The van der Waals surface area contributed by atoms with E-state index in [0.29, 0.717) is 37.5 Å². The van der Waals surface area contributed by atoms with E-state index in [1.54, 1.807) is 25.3 Å². The van der Waals surface area contributed by atoms with Gasteiger partial charge in [0, 0.05) is 26.4 Å². The fourth-order valence-electron chi connectivity index (χ4n) is 1.98. The van der Waals surface area contributed by atoms with Crippen molar-refractivity contribution >= 4 is 17.5 Å². The predicted molar refractivity (Wildman–Crippen MR) is 74.1 cm³/mol. The van der Waals surface area contributed by atoms with Gasteiger partial charge in [-0.15, -0.1) is 0 Å². The number of methoxy groups -OCH3 is 1. The number of hydrogen-bond acceptors (Lipinski definition) is 5. The van der Waals surface area contributed by atoms with E-state index in [2.05, 4.69) is 5.32 Å². The molecule has 0 atom stereocenters. The number of amides is 2. The van der Waals surface area contributed by atoms with Gasteiger partial charge in [-0.1, -0.05) is 0 Å². The van der Waals surface area contributed by atoms with Crippen molar-refractivity contribution in [1.82, 2.24) is 4.90 Å². The molecule has 2 rings (SSSR count). The van der Waals surface area contributed by atoms with Gasteiger partial charge in [0.1, 0.15) is 0 Å².